The number of carbonyl (C=O) groups excluding carboxylic acids is 2. The number of aryl methyl sites for hydroxylation is 1. The summed E-state index contributed by atoms with van der Waals surface area (Å²) in [7, 11) is 1.87. The Morgan fingerprint density at radius 3 is 2.85 bits per heavy atom. The van der Waals surface area contributed by atoms with E-state index in [9.17, 15) is 9.59 Å². The monoisotopic (exact) mass is 369 g/mol. The van der Waals surface area contributed by atoms with E-state index in [4.69, 9.17) is 16.3 Å². The Hall–Kier alpha value is -2.99. The maximum Gasteiger partial charge on any atom is 0.279 e. The van der Waals surface area contributed by atoms with Crippen LogP contribution in [0.5, 0.6) is 5.75 Å². The lowest BCUT2D eigenvalue weighted by Gasteiger charge is -2.12. The fourth-order valence-corrected chi connectivity index (χ4v) is 3.35. The Bertz CT molecular complexity index is 1030. The summed E-state index contributed by atoms with van der Waals surface area (Å²) >= 11 is 5.96. The van der Waals surface area contributed by atoms with Gasteiger partial charge in [-0.25, -0.2) is 0 Å². The summed E-state index contributed by atoms with van der Waals surface area (Å²) in [5.41, 5.74) is 7.21. The molecule has 3 aromatic rings. The zero-order valence-electron chi connectivity index (χ0n) is 14.0. The number of carbonyl (C=O) groups is 2. The van der Waals surface area contributed by atoms with Gasteiger partial charge in [0.25, 0.3) is 11.8 Å². The number of aromatic nitrogens is 1. The zero-order chi connectivity index (χ0) is 18.3. The minimum atomic E-state index is -0.698. The molecule has 4 rings (SSSR count). The minimum Gasteiger partial charge on any atom is -0.480 e. The van der Waals surface area contributed by atoms with Gasteiger partial charge in [-0.15, -0.1) is 0 Å². The first-order valence-corrected chi connectivity index (χ1v) is 8.50. The van der Waals surface area contributed by atoms with E-state index < -0.39 is 12.0 Å². The van der Waals surface area contributed by atoms with E-state index in [2.05, 4.69) is 10.9 Å². The highest BCUT2D eigenvalue weighted by atomic mass is 35.5. The Labute approximate surface area is 154 Å². The molecule has 0 saturated heterocycles. The van der Waals surface area contributed by atoms with Crippen molar-refractivity contribution in [1.29, 1.82) is 0 Å². The van der Waals surface area contributed by atoms with E-state index in [0.29, 0.717) is 22.8 Å². The Morgan fingerprint density at radius 1 is 1.19 bits per heavy atom. The molecule has 2 heterocycles. The molecule has 7 heteroatoms. The molecule has 1 aliphatic heterocycles. The molecular weight excluding hydrogens is 354 g/mol. The fraction of sp³-hybridized carbons (Fsp3) is 0.158. The van der Waals surface area contributed by atoms with Gasteiger partial charge in [0.05, 0.1) is 5.56 Å². The largest absolute Gasteiger partial charge is 0.480 e. The van der Waals surface area contributed by atoms with Crippen LogP contribution in [0.15, 0.2) is 48.7 Å². The number of fused-ring (bicyclic) bond motifs is 2. The molecule has 0 aliphatic carbocycles. The van der Waals surface area contributed by atoms with Crippen LogP contribution in [0, 0.1) is 0 Å². The predicted molar refractivity (Wildman–Crippen MR) is 98.1 cm³/mol. The van der Waals surface area contributed by atoms with Crippen molar-refractivity contribution >= 4 is 34.3 Å². The zero-order valence-corrected chi connectivity index (χ0v) is 14.7. The first-order chi connectivity index (χ1) is 12.5. The van der Waals surface area contributed by atoms with Crippen LogP contribution < -0.4 is 15.6 Å². The van der Waals surface area contributed by atoms with Crippen molar-refractivity contribution in [3.05, 3.63) is 64.8 Å². The minimum absolute atomic E-state index is 0.381. The molecule has 1 unspecified atom stereocenters. The highest BCUT2D eigenvalue weighted by Crippen LogP contribution is 2.31. The molecule has 0 saturated carbocycles. The lowest BCUT2D eigenvalue weighted by molar-refractivity contribution is -0.128. The van der Waals surface area contributed by atoms with Gasteiger partial charge in [-0.3, -0.25) is 20.4 Å². The number of hydrogen-bond donors (Lipinski definition) is 2. The van der Waals surface area contributed by atoms with Crippen molar-refractivity contribution in [2.45, 2.75) is 12.5 Å². The van der Waals surface area contributed by atoms with Crippen LogP contribution in [0.25, 0.3) is 10.9 Å². The van der Waals surface area contributed by atoms with Gasteiger partial charge < -0.3 is 9.30 Å². The molecule has 0 spiro atoms. The van der Waals surface area contributed by atoms with Crippen molar-refractivity contribution < 1.29 is 14.3 Å². The van der Waals surface area contributed by atoms with Gasteiger partial charge in [-0.05, 0) is 29.8 Å². The molecule has 0 bridgehead atoms. The predicted octanol–water partition coefficient (Wildman–Crippen LogP) is 2.60. The summed E-state index contributed by atoms with van der Waals surface area (Å²) < 4.78 is 7.48. The number of benzene rings is 2. The molecule has 6 nitrogen and oxygen atoms in total. The van der Waals surface area contributed by atoms with E-state index >= 15 is 0 Å². The van der Waals surface area contributed by atoms with E-state index in [0.717, 1.165) is 16.5 Å². The number of para-hydroxylation sites is 1. The Kier molecular flexibility index (Phi) is 4.05. The molecule has 1 aliphatic rings. The normalized spacial score (nSPS) is 15.4. The van der Waals surface area contributed by atoms with Crippen molar-refractivity contribution in [1.82, 2.24) is 15.4 Å². The number of halogens is 1. The van der Waals surface area contributed by atoms with E-state index in [1.54, 1.807) is 24.4 Å². The molecule has 1 aromatic heterocycles. The van der Waals surface area contributed by atoms with Crippen molar-refractivity contribution in [2.24, 2.45) is 7.05 Å². The second-order valence-electron chi connectivity index (χ2n) is 6.18. The highest BCUT2D eigenvalue weighted by molar-refractivity contribution is 6.30. The van der Waals surface area contributed by atoms with Crippen LogP contribution in [-0.4, -0.2) is 22.5 Å². The summed E-state index contributed by atoms with van der Waals surface area (Å²) in [6, 6.07) is 12.8. The lowest BCUT2D eigenvalue weighted by atomic mass is 10.1. The van der Waals surface area contributed by atoms with Gasteiger partial charge in [-0.2, -0.15) is 0 Å². The standard InChI is InChI=1S/C19H16ClN3O3/c1-23-10-14(13-4-2-3-5-15(13)23)18(24)21-22-19(25)17-9-11-8-12(20)6-7-16(11)26-17/h2-8,10,17H,9H2,1H3,(H,21,24)(H,22,25). The summed E-state index contributed by atoms with van der Waals surface area (Å²) in [6.07, 6.45) is 1.44. The van der Waals surface area contributed by atoms with Gasteiger partial charge in [0.15, 0.2) is 6.10 Å². The van der Waals surface area contributed by atoms with Gasteiger partial charge >= 0.3 is 0 Å². The maximum atomic E-state index is 12.5. The maximum absolute atomic E-state index is 12.5. The fourth-order valence-electron chi connectivity index (χ4n) is 3.15. The second-order valence-corrected chi connectivity index (χ2v) is 6.61. The molecule has 132 valence electrons. The van der Waals surface area contributed by atoms with Crippen molar-refractivity contribution in [3.8, 4) is 5.75 Å². The third kappa shape index (κ3) is 2.88. The van der Waals surface area contributed by atoms with Crippen LogP contribution in [0.4, 0.5) is 0 Å². The van der Waals surface area contributed by atoms with Crippen LogP contribution in [0.3, 0.4) is 0 Å². The van der Waals surface area contributed by atoms with E-state index in [1.807, 2.05) is 35.9 Å². The molecular formula is C19H16ClN3O3. The molecule has 0 fully saturated rings. The van der Waals surface area contributed by atoms with E-state index in [1.165, 1.54) is 0 Å². The van der Waals surface area contributed by atoms with Crippen LogP contribution in [0.2, 0.25) is 5.02 Å². The third-order valence-corrected chi connectivity index (χ3v) is 4.67. The van der Waals surface area contributed by atoms with Crippen molar-refractivity contribution in [3.63, 3.8) is 0 Å². The average Bonchev–Trinajstić information content (AvgIpc) is 3.21. The number of nitrogens with zero attached hydrogens (tertiary/aromatic N) is 1. The summed E-state index contributed by atoms with van der Waals surface area (Å²) in [6.45, 7) is 0. The topological polar surface area (TPSA) is 72.4 Å². The van der Waals surface area contributed by atoms with Gasteiger partial charge in [0, 0.05) is 35.6 Å². The van der Waals surface area contributed by atoms with Crippen LogP contribution >= 0.6 is 11.6 Å². The number of nitrogens with one attached hydrogen (secondary N) is 2. The Balaban J connectivity index is 1.43. The molecule has 2 aromatic carbocycles. The van der Waals surface area contributed by atoms with Gasteiger partial charge in [-0.1, -0.05) is 29.8 Å². The summed E-state index contributed by atoms with van der Waals surface area (Å²) in [5, 5.41) is 1.42. The molecule has 2 N–H and O–H groups in total. The highest BCUT2D eigenvalue weighted by Gasteiger charge is 2.29. The molecule has 26 heavy (non-hydrogen) atoms. The molecule has 1 atom stereocenters. The molecule has 2 amide bonds. The average molecular weight is 370 g/mol. The van der Waals surface area contributed by atoms with Crippen LogP contribution in [-0.2, 0) is 18.3 Å². The summed E-state index contributed by atoms with van der Waals surface area (Å²) in [5.74, 6) is -0.158. The van der Waals surface area contributed by atoms with Crippen molar-refractivity contribution in [2.75, 3.05) is 0 Å². The number of hydrogen-bond acceptors (Lipinski definition) is 3. The van der Waals surface area contributed by atoms with Gasteiger partial charge in [0.1, 0.15) is 5.75 Å². The van der Waals surface area contributed by atoms with Gasteiger partial charge in [0.2, 0.25) is 0 Å². The first-order valence-electron chi connectivity index (χ1n) is 8.12. The lowest BCUT2D eigenvalue weighted by Crippen LogP contribution is -2.47. The number of hydrazine groups is 1. The SMILES string of the molecule is Cn1cc(C(=O)NNC(=O)C2Cc3cc(Cl)ccc3O2)c2ccccc21. The third-order valence-electron chi connectivity index (χ3n) is 4.43. The Morgan fingerprint density at radius 2 is 2.00 bits per heavy atom. The molecule has 0 radical (unpaired) electrons. The first kappa shape index (κ1) is 16.5. The second kappa shape index (κ2) is 6.38. The number of rotatable bonds is 2. The number of amides is 2. The number of ether oxygens (including phenoxy) is 1. The smallest absolute Gasteiger partial charge is 0.279 e. The quantitative estimate of drug-likeness (QED) is 0.682. The summed E-state index contributed by atoms with van der Waals surface area (Å²) in [4.78, 5) is 24.8. The van der Waals surface area contributed by atoms with Crippen LogP contribution in [0.1, 0.15) is 15.9 Å². The van der Waals surface area contributed by atoms with E-state index in [-0.39, 0.29) is 5.91 Å².